The molecule has 0 aromatic heterocycles. The van der Waals surface area contributed by atoms with Gasteiger partial charge in [0.05, 0.1) is 16.9 Å². The fourth-order valence-electron chi connectivity index (χ4n) is 4.32. The number of nitrogens with zero attached hydrogens (tertiary/aromatic N) is 3. The maximum absolute atomic E-state index is 14.1. The van der Waals surface area contributed by atoms with Crippen LogP contribution in [0, 0.1) is 23.0 Å². The van der Waals surface area contributed by atoms with Gasteiger partial charge in [-0.2, -0.15) is 0 Å². The van der Waals surface area contributed by atoms with Gasteiger partial charge in [-0.15, -0.1) is 0 Å². The van der Waals surface area contributed by atoms with Crippen LogP contribution in [-0.4, -0.2) is 55.4 Å². The Morgan fingerprint density at radius 3 is 2.24 bits per heavy atom. The molecule has 0 fully saturated rings. The molecule has 41 heavy (non-hydrogen) atoms. The third-order valence-corrected chi connectivity index (χ3v) is 7.71. The van der Waals surface area contributed by atoms with Gasteiger partial charge in [0.2, 0.25) is 21.8 Å². The van der Waals surface area contributed by atoms with Gasteiger partial charge in [0, 0.05) is 31.6 Å². The topological polar surface area (TPSA) is 130 Å². The van der Waals surface area contributed by atoms with Gasteiger partial charge in [-0.1, -0.05) is 74.5 Å². The summed E-state index contributed by atoms with van der Waals surface area (Å²) in [6.45, 7) is 5.64. The summed E-state index contributed by atoms with van der Waals surface area (Å²) >= 11 is 0. The number of hydrogen-bond acceptors (Lipinski definition) is 6. The lowest BCUT2D eigenvalue weighted by atomic mass is 10.0. The standard InChI is InChI=1S/C30H36N4O6S/c1-22(2)19-31-30(36)28(17-24-12-6-5-7-13-24)32(20-25-14-9-8-11-23(25)3)29(35)21-33(41(4,39)40)26-15-10-16-27(18-26)34(37)38/h5-16,18,22,28H,17,19-21H2,1-4H3,(H,31,36)/t28-/m0/s1. The monoisotopic (exact) mass is 580 g/mol. The average Bonchev–Trinajstić information content (AvgIpc) is 2.93. The van der Waals surface area contributed by atoms with Crippen LogP contribution in [0.3, 0.4) is 0 Å². The Morgan fingerprint density at radius 1 is 0.976 bits per heavy atom. The highest BCUT2D eigenvalue weighted by molar-refractivity contribution is 7.92. The third kappa shape index (κ3) is 8.87. The van der Waals surface area contributed by atoms with Crippen LogP contribution in [0.25, 0.3) is 0 Å². The summed E-state index contributed by atoms with van der Waals surface area (Å²) in [5.41, 5.74) is 2.21. The Kier molecular flexibility index (Phi) is 10.6. The quantitative estimate of drug-likeness (QED) is 0.240. The minimum atomic E-state index is -4.03. The SMILES string of the molecule is Cc1ccccc1CN(C(=O)CN(c1cccc([N+](=O)[O-])c1)S(C)(=O)=O)[C@@H](Cc1ccccc1)C(=O)NCC(C)C. The van der Waals surface area contributed by atoms with Gasteiger partial charge in [0.25, 0.3) is 5.69 Å². The second-order valence-corrected chi connectivity index (χ2v) is 12.2. The molecule has 2 amide bonds. The number of carbonyl (C=O) groups is 2. The summed E-state index contributed by atoms with van der Waals surface area (Å²) < 4.78 is 26.6. The van der Waals surface area contributed by atoms with E-state index in [0.717, 1.165) is 33.3 Å². The van der Waals surface area contributed by atoms with Crippen molar-refractivity contribution in [3.05, 3.63) is 106 Å². The van der Waals surface area contributed by atoms with Crippen molar-refractivity contribution in [2.75, 3.05) is 23.7 Å². The number of hydrogen-bond donors (Lipinski definition) is 1. The molecule has 0 saturated carbocycles. The number of rotatable bonds is 13. The van der Waals surface area contributed by atoms with E-state index in [1.807, 2.05) is 75.4 Å². The van der Waals surface area contributed by atoms with Crippen LogP contribution < -0.4 is 9.62 Å². The zero-order valence-electron chi connectivity index (χ0n) is 23.7. The van der Waals surface area contributed by atoms with Crippen LogP contribution in [0.1, 0.15) is 30.5 Å². The van der Waals surface area contributed by atoms with E-state index in [1.54, 1.807) is 0 Å². The Labute approximate surface area is 241 Å². The summed E-state index contributed by atoms with van der Waals surface area (Å²) in [5.74, 6) is -0.803. The van der Waals surface area contributed by atoms with Crippen molar-refractivity contribution in [1.82, 2.24) is 10.2 Å². The number of sulfonamides is 1. The first kappa shape index (κ1) is 31.3. The highest BCUT2D eigenvalue weighted by Crippen LogP contribution is 2.24. The molecule has 10 nitrogen and oxygen atoms in total. The Balaban J connectivity index is 2.08. The van der Waals surface area contributed by atoms with Crippen LogP contribution in [0.5, 0.6) is 0 Å². The van der Waals surface area contributed by atoms with E-state index >= 15 is 0 Å². The minimum absolute atomic E-state index is 0.0187. The molecule has 0 heterocycles. The smallest absolute Gasteiger partial charge is 0.271 e. The molecule has 3 aromatic rings. The predicted molar refractivity (Wildman–Crippen MR) is 159 cm³/mol. The van der Waals surface area contributed by atoms with Crippen LogP contribution in [-0.2, 0) is 32.6 Å². The van der Waals surface area contributed by atoms with Gasteiger partial charge < -0.3 is 10.2 Å². The van der Waals surface area contributed by atoms with Crippen molar-refractivity contribution in [2.45, 2.75) is 39.8 Å². The summed E-state index contributed by atoms with van der Waals surface area (Å²) in [4.78, 5) is 39.8. The van der Waals surface area contributed by atoms with Crippen LogP contribution in [0.15, 0.2) is 78.9 Å². The minimum Gasteiger partial charge on any atom is -0.354 e. The lowest BCUT2D eigenvalue weighted by Crippen LogP contribution is -2.53. The Hall–Kier alpha value is -4.25. The molecule has 0 unspecified atom stereocenters. The molecule has 0 bridgehead atoms. The van der Waals surface area contributed by atoms with E-state index in [-0.39, 0.29) is 36.2 Å². The first-order chi connectivity index (χ1) is 19.4. The number of nitro benzene ring substituents is 1. The molecule has 0 aliphatic rings. The number of non-ortho nitro benzene ring substituents is 1. The van der Waals surface area contributed by atoms with Crippen LogP contribution in [0.2, 0.25) is 0 Å². The first-order valence-electron chi connectivity index (χ1n) is 13.2. The molecule has 0 aliphatic carbocycles. The molecule has 3 aromatic carbocycles. The van der Waals surface area contributed by atoms with Crippen LogP contribution >= 0.6 is 0 Å². The summed E-state index contributed by atoms with van der Waals surface area (Å²) in [7, 11) is -4.03. The molecule has 1 N–H and O–H groups in total. The fourth-order valence-corrected chi connectivity index (χ4v) is 5.16. The maximum atomic E-state index is 14.1. The van der Waals surface area contributed by atoms with Crippen molar-refractivity contribution in [1.29, 1.82) is 0 Å². The number of amides is 2. The van der Waals surface area contributed by atoms with E-state index < -0.39 is 33.4 Å². The molecule has 0 saturated heterocycles. The maximum Gasteiger partial charge on any atom is 0.271 e. The van der Waals surface area contributed by atoms with E-state index in [4.69, 9.17) is 0 Å². The first-order valence-corrected chi connectivity index (χ1v) is 15.1. The highest BCUT2D eigenvalue weighted by atomic mass is 32.2. The molecular weight excluding hydrogens is 544 g/mol. The molecule has 218 valence electrons. The third-order valence-electron chi connectivity index (χ3n) is 6.57. The van der Waals surface area contributed by atoms with Gasteiger partial charge in [-0.05, 0) is 35.6 Å². The van der Waals surface area contributed by atoms with Crippen molar-refractivity contribution < 1.29 is 22.9 Å². The lowest BCUT2D eigenvalue weighted by Gasteiger charge is -2.34. The van der Waals surface area contributed by atoms with Gasteiger partial charge in [0.15, 0.2) is 0 Å². The van der Waals surface area contributed by atoms with Crippen molar-refractivity contribution >= 4 is 33.2 Å². The predicted octanol–water partition coefficient (Wildman–Crippen LogP) is 4.08. The largest absolute Gasteiger partial charge is 0.354 e. The number of benzene rings is 3. The second kappa shape index (κ2) is 13.9. The molecule has 1 atom stereocenters. The molecule has 0 aliphatic heterocycles. The Morgan fingerprint density at radius 2 is 1.63 bits per heavy atom. The van der Waals surface area contributed by atoms with E-state index in [0.29, 0.717) is 6.54 Å². The molecular formula is C30H36N4O6S. The van der Waals surface area contributed by atoms with Crippen molar-refractivity contribution in [3.63, 3.8) is 0 Å². The van der Waals surface area contributed by atoms with Gasteiger partial charge in [-0.25, -0.2) is 8.42 Å². The Bertz CT molecular complexity index is 1480. The summed E-state index contributed by atoms with van der Waals surface area (Å²) in [6.07, 6.45) is 1.14. The zero-order chi connectivity index (χ0) is 30.2. The van der Waals surface area contributed by atoms with Gasteiger partial charge in [-0.3, -0.25) is 24.0 Å². The second-order valence-electron chi connectivity index (χ2n) is 10.3. The number of aryl methyl sites for hydroxylation is 1. The number of anilines is 1. The van der Waals surface area contributed by atoms with Gasteiger partial charge >= 0.3 is 0 Å². The normalized spacial score (nSPS) is 12.0. The zero-order valence-corrected chi connectivity index (χ0v) is 24.5. The molecule has 11 heteroatoms. The van der Waals surface area contributed by atoms with Crippen molar-refractivity contribution in [3.8, 4) is 0 Å². The van der Waals surface area contributed by atoms with Crippen molar-refractivity contribution in [2.24, 2.45) is 5.92 Å². The molecule has 0 spiro atoms. The van der Waals surface area contributed by atoms with Gasteiger partial charge in [0.1, 0.15) is 12.6 Å². The molecule has 0 radical (unpaired) electrons. The van der Waals surface area contributed by atoms with E-state index in [9.17, 15) is 28.1 Å². The molecule has 3 rings (SSSR count). The summed E-state index contributed by atoms with van der Waals surface area (Å²) in [5, 5.41) is 14.3. The number of nitro groups is 1. The average molecular weight is 581 g/mol. The lowest BCUT2D eigenvalue weighted by molar-refractivity contribution is -0.384. The van der Waals surface area contributed by atoms with E-state index in [2.05, 4.69) is 5.32 Å². The number of nitrogens with one attached hydrogen (secondary N) is 1. The fraction of sp³-hybridized carbons (Fsp3) is 0.333. The van der Waals surface area contributed by atoms with E-state index in [1.165, 1.54) is 23.1 Å². The number of carbonyl (C=O) groups excluding carboxylic acids is 2. The van der Waals surface area contributed by atoms with Crippen LogP contribution in [0.4, 0.5) is 11.4 Å². The highest BCUT2D eigenvalue weighted by Gasteiger charge is 2.33. The summed E-state index contributed by atoms with van der Waals surface area (Å²) in [6, 6.07) is 20.9.